The molecule has 0 heterocycles. The molecule has 1 aromatic carbocycles. The quantitative estimate of drug-likeness (QED) is 0.816. The number of carbonyl (C=O) groups is 1. The lowest BCUT2D eigenvalue weighted by Gasteiger charge is -2.19. The van der Waals surface area contributed by atoms with E-state index in [9.17, 15) is 9.90 Å². The van der Waals surface area contributed by atoms with Crippen LogP contribution in [0.1, 0.15) is 24.2 Å². The molecule has 0 fully saturated rings. The van der Waals surface area contributed by atoms with Crippen LogP contribution in [0.5, 0.6) is 11.5 Å². The Morgan fingerprint density at radius 1 is 1.35 bits per heavy atom. The predicted molar refractivity (Wildman–Crippen MR) is 61.7 cm³/mol. The van der Waals surface area contributed by atoms with Crippen molar-refractivity contribution in [2.24, 2.45) is 0 Å². The maximum Gasteiger partial charge on any atom is 0.335 e. The number of methoxy groups -OCH3 is 1. The third-order valence-corrected chi connectivity index (χ3v) is 1.99. The zero-order chi connectivity index (χ0) is 13.1. The van der Waals surface area contributed by atoms with E-state index in [2.05, 4.69) is 0 Å². The molecule has 1 aromatic rings. The highest BCUT2D eigenvalue weighted by Crippen LogP contribution is 2.28. The normalized spacial score (nSPS) is 11.1. The van der Waals surface area contributed by atoms with Crippen molar-refractivity contribution in [2.75, 3.05) is 13.7 Å². The molecule has 94 valence electrons. The van der Waals surface area contributed by atoms with Gasteiger partial charge in [-0.1, -0.05) is 0 Å². The second-order valence-corrected chi connectivity index (χ2v) is 4.27. The summed E-state index contributed by atoms with van der Waals surface area (Å²) in [6, 6.07) is 4.31. The summed E-state index contributed by atoms with van der Waals surface area (Å²) in [7, 11) is 1.47. The van der Waals surface area contributed by atoms with Crippen molar-refractivity contribution in [1.82, 2.24) is 0 Å². The lowest BCUT2D eigenvalue weighted by atomic mass is 10.1. The van der Waals surface area contributed by atoms with Crippen molar-refractivity contribution in [3.63, 3.8) is 0 Å². The minimum Gasteiger partial charge on any atom is -0.493 e. The fourth-order valence-corrected chi connectivity index (χ4v) is 1.18. The molecule has 5 nitrogen and oxygen atoms in total. The van der Waals surface area contributed by atoms with Crippen LogP contribution < -0.4 is 9.47 Å². The minimum atomic E-state index is -1.04. The molecule has 2 N–H and O–H groups in total. The number of carboxylic acid groups (broad SMARTS) is 1. The SMILES string of the molecule is COc1ccc(C(=O)O)cc1OCC(C)(C)O. The summed E-state index contributed by atoms with van der Waals surface area (Å²) >= 11 is 0. The Hall–Kier alpha value is -1.75. The van der Waals surface area contributed by atoms with E-state index in [0.717, 1.165) is 0 Å². The monoisotopic (exact) mass is 240 g/mol. The van der Waals surface area contributed by atoms with Gasteiger partial charge in [-0.2, -0.15) is 0 Å². The lowest BCUT2D eigenvalue weighted by Crippen LogP contribution is -2.28. The lowest BCUT2D eigenvalue weighted by molar-refractivity contribution is 0.0276. The summed E-state index contributed by atoms with van der Waals surface area (Å²) in [6.07, 6.45) is 0. The number of hydrogen-bond acceptors (Lipinski definition) is 4. The summed E-state index contributed by atoms with van der Waals surface area (Å²) in [5.41, 5.74) is -0.888. The van der Waals surface area contributed by atoms with E-state index in [1.54, 1.807) is 13.8 Å². The first kappa shape index (κ1) is 13.3. The summed E-state index contributed by atoms with van der Waals surface area (Å²) in [5.74, 6) is -0.311. The van der Waals surface area contributed by atoms with Gasteiger partial charge in [0.15, 0.2) is 11.5 Å². The molecule has 0 aromatic heterocycles. The van der Waals surface area contributed by atoms with E-state index in [1.165, 1.54) is 25.3 Å². The molecular formula is C12H16O5. The molecule has 0 radical (unpaired) electrons. The van der Waals surface area contributed by atoms with E-state index < -0.39 is 11.6 Å². The number of aliphatic hydroxyl groups is 1. The molecule has 0 aliphatic carbocycles. The first-order valence-corrected chi connectivity index (χ1v) is 5.10. The smallest absolute Gasteiger partial charge is 0.335 e. The highest BCUT2D eigenvalue weighted by atomic mass is 16.5. The molecule has 0 spiro atoms. The van der Waals surface area contributed by atoms with Gasteiger partial charge < -0.3 is 19.7 Å². The molecular weight excluding hydrogens is 224 g/mol. The maximum absolute atomic E-state index is 10.8. The Morgan fingerprint density at radius 3 is 2.47 bits per heavy atom. The number of carboxylic acids is 1. The molecule has 0 saturated carbocycles. The van der Waals surface area contributed by atoms with E-state index in [1.807, 2.05) is 0 Å². The van der Waals surface area contributed by atoms with Crippen molar-refractivity contribution in [3.05, 3.63) is 23.8 Å². The average Bonchev–Trinajstić information content (AvgIpc) is 2.24. The van der Waals surface area contributed by atoms with Crippen LogP contribution >= 0.6 is 0 Å². The van der Waals surface area contributed by atoms with Gasteiger partial charge in [0.1, 0.15) is 6.61 Å². The van der Waals surface area contributed by atoms with Gasteiger partial charge in [-0.25, -0.2) is 4.79 Å². The first-order valence-electron chi connectivity index (χ1n) is 5.10. The number of rotatable bonds is 5. The van der Waals surface area contributed by atoms with Crippen LogP contribution in [0.3, 0.4) is 0 Å². The van der Waals surface area contributed by atoms with Crippen LogP contribution in [0.4, 0.5) is 0 Å². The standard InChI is InChI=1S/C12H16O5/c1-12(2,15)7-17-10-6-8(11(13)14)4-5-9(10)16-3/h4-6,15H,7H2,1-3H3,(H,13,14). The second kappa shape index (κ2) is 5.05. The van der Waals surface area contributed by atoms with Crippen LogP contribution in [-0.4, -0.2) is 35.5 Å². The third-order valence-electron chi connectivity index (χ3n) is 1.99. The molecule has 0 atom stereocenters. The Balaban J connectivity index is 2.94. The van der Waals surface area contributed by atoms with Gasteiger partial charge in [0.25, 0.3) is 0 Å². The Labute approximate surface area is 99.6 Å². The molecule has 5 heteroatoms. The van der Waals surface area contributed by atoms with Gasteiger partial charge in [0.2, 0.25) is 0 Å². The number of hydrogen-bond donors (Lipinski definition) is 2. The van der Waals surface area contributed by atoms with Crippen molar-refractivity contribution >= 4 is 5.97 Å². The van der Waals surface area contributed by atoms with Gasteiger partial charge >= 0.3 is 5.97 Å². The molecule has 0 bridgehead atoms. The molecule has 0 unspecified atom stereocenters. The van der Waals surface area contributed by atoms with Crippen molar-refractivity contribution in [2.45, 2.75) is 19.4 Å². The predicted octanol–water partition coefficient (Wildman–Crippen LogP) is 1.54. The van der Waals surface area contributed by atoms with Gasteiger partial charge in [-0.05, 0) is 32.0 Å². The van der Waals surface area contributed by atoms with Crippen LogP contribution in [-0.2, 0) is 0 Å². The first-order chi connectivity index (χ1) is 7.83. The Kier molecular flexibility index (Phi) is 3.96. The van der Waals surface area contributed by atoms with Crippen LogP contribution in [0.15, 0.2) is 18.2 Å². The minimum absolute atomic E-state index is 0.0480. The largest absolute Gasteiger partial charge is 0.493 e. The van der Waals surface area contributed by atoms with Gasteiger partial charge in [0, 0.05) is 0 Å². The molecule has 0 aliphatic heterocycles. The molecule has 0 aliphatic rings. The number of benzene rings is 1. The fourth-order valence-electron chi connectivity index (χ4n) is 1.18. The molecule has 0 amide bonds. The summed E-state index contributed by atoms with van der Waals surface area (Å²) in [5, 5.41) is 18.4. The van der Waals surface area contributed by atoms with Crippen molar-refractivity contribution < 1.29 is 24.5 Å². The van der Waals surface area contributed by atoms with Crippen LogP contribution in [0.2, 0.25) is 0 Å². The average molecular weight is 240 g/mol. The van der Waals surface area contributed by atoms with E-state index in [0.29, 0.717) is 11.5 Å². The maximum atomic E-state index is 10.8. The summed E-state index contributed by atoms with van der Waals surface area (Å²) in [6.45, 7) is 3.24. The van der Waals surface area contributed by atoms with Crippen molar-refractivity contribution in [1.29, 1.82) is 0 Å². The highest BCUT2D eigenvalue weighted by molar-refractivity contribution is 5.88. The molecule has 1 rings (SSSR count). The Bertz CT molecular complexity index is 406. The summed E-state index contributed by atoms with van der Waals surface area (Å²) in [4.78, 5) is 10.8. The van der Waals surface area contributed by atoms with E-state index in [4.69, 9.17) is 14.6 Å². The molecule has 17 heavy (non-hydrogen) atoms. The van der Waals surface area contributed by atoms with E-state index in [-0.39, 0.29) is 12.2 Å². The third kappa shape index (κ3) is 3.96. The van der Waals surface area contributed by atoms with Crippen molar-refractivity contribution in [3.8, 4) is 11.5 Å². The number of ether oxygens (including phenoxy) is 2. The topological polar surface area (TPSA) is 76.0 Å². The Morgan fingerprint density at radius 2 is 2.00 bits per heavy atom. The van der Waals surface area contributed by atoms with Crippen LogP contribution in [0.25, 0.3) is 0 Å². The van der Waals surface area contributed by atoms with Gasteiger partial charge in [-0.15, -0.1) is 0 Å². The van der Waals surface area contributed by atoms with Crippen LogP contribution in [0, 0.1) is 0 Å². The zero-order valence-corrected chi connectivity index (χ0v) is 10.1. The van der Waals surface area contributed by atoms with Gasteiger partial charge in [-0.3, -0.25) is 0 Å². The highest BCUT2D eigenvalue weighted by Gasteiger charge is 2.16. The zero-order valence-electron chi connectivity index (χ0n) is 10.1. The molecule has 0 saturated heterocycles. The summed E-state index contributed by atoms with van der Waals surface area (Å²) < 4.78 is 10.4. The second-order valence-electron chi connectivity index (χ2n) is 4.27. The van der Waals surface area contributed by atoms with E-state index >= 15 is 0 Å². The van der Waals surface area contributed by atoms with Gasteiger partial charge in [0.05, 0.1) is 18.3 Å². The number of aromatic carboxylic acids is 1. The fraction of sp³-hybridized carbons (Fsp3) is 0.417.